The predicted molar refractivity (Wildman–Crippen MR) is 151 cm³/mol. The molecule has 1 fully saturated rings. The number of piperidine rings is 1. The standard InChI is InChI=1S/C30H32F3N5O4/c1-29(2,3)42-28(40)38-15-12-20(13-16-38)19-5-7-22(8-6-19)36-27-35-18-24(30(31,32)33)25(37-27)10-9-23-17-21(11-14-34-23)26(39)41-4/h5-11,14,17-18,20H,12-13,15-16H2,1-4H3,(H,35,36,37). The quantitative estimate of drug-likeness (QED) is 0.320. The molecule has 0 atom stereocenters. The fraction of sp³-hybridized carbons (Fsp3) is 0.367. The lowest BCUT2D eigenvalue weighted by atomic mass is 9.89. The molecule has 1 aromatic carbocycles. The fourth-order valence-corrected chi connectivity index (χ4v) is 4.44. The number of hydrogen-bond donors (Lipinski definition) is 1. The molecule has 0 aliphatic carbocycles. The molecule has 0 radical (unpaired) electrons. The average Bonchev–Trinajstić information content (AvgIpc) is 2.95. The van der Waals surface area contributed by atoms with Gasteiger partial charge in [0.15, 0.2) is 0 Å². The number of nitrogens with zero attached hydrogens (tertiary/aromatic N) is 4. The van der Waals surface area contributed by atoms with Gasteiger partial charge in [-0.05, 0) is 81.5 Å². The Morgan fingerprint density at radius 1 is 1.02 bits per heavy atom. The smallest absolute Gasteiger partial charge is 0.419 e. The van der Waals surface area contributed by atoms with Gasteiger partial charge in [0.2, 0.25) is 5.95 Å². The Kier molecular flexibility index (Phi) is 9.13. The number of alkyl halides is 3. The number of halogens is 3. The van der Waals surface area contributed by atoms with Crippen LogP contribution in [-0.4, -0.2) is 57.7 Å². The third-order valence-electron chi connectivity index (χ3n) is 6.52. The number of amides is 1. The molecule has 1 amide bonds. The Labute approximate surface area is 241 Å². The van der Waals surface area contributed by atoms with Crippen LogP contribution in [0, 0.1) is 0 Å². The maximum absolute atomic E-state index is 13.7. The highest BCUT2D eigenvalue weighted by molar-refractivity contribution is 5.90. The lowest BCUT2D eigenvalue weighted by Crippen LogP contribution is -2.41. The lowest BCUT2D eigenvalue weighted by Gasteiger charge is -2.33. The topological polar surface area (TPSA) is 107 Å². The maximum Gasteiger partial charge on any atom is 0.419 e. The fourth-order valence-electron chi connectivity index (χ4n) is 4.44. The number of esters is 1. The summed E-state index contributed by atoms with van der Waals surface area (Å²) < 4.78 is 51.1. The zero-order valence-electron chi connectivity index (χ0n) is 23.7. The highest BCUT2D eigenvalue weighted by Crippen LogP contribution is 2.33. The molecule has 42 heavy (non-hydrogen) atoms. The molecule has 3 aromatic rings. The zero-order chi connectivity index (χ0) is 30.5. The van der Waals surface area contributed by atoms with Gasteiger partial charge in [-0.2, -0.15) is 13.2 Å². The molecule has 9 nitrogen and oxygen atoms in total. The number of likely N-dealkylation sites (tertiary alicyclic amines) is 1. The molecule has 4 rings (SSSR count). The van der Waals surface area contributed by atoms with Crippen molar-refractivity contribution in [3.63, 3.8) is 0 Å². The van der Waals surface area contributed by atoms with Crippen LogP contribution >= 0.6 is 0 Å². The van der Waals surface area contributed by atoms with E-state index >= 15 is 0 Å². The van der Waals surface area contributed by atoms with Crippen LogP contribution in [0.25, 0.3) is 12.2 Å². The molecule has 0 saturated carbocycles. The molecule has 3 heterocycles. The van der Waals surface area contributed by atoms with Crippen LogP contribution in [0.1, 0.15) is 72.4 Å². The molecule has 2 aromatic heterocycles. The van der Waals surface area contributed by atoms with Crippen LogP contribution in [0.3, 0.4) is 0 Å². The van der Waals surface area contributed by atoms with E-state index in [1.54, 1.807) is 4.90 Å². The monoisotopic (exact) mass is 583 g/mol. The van der Waals surface area contributed by atoms with Gasteiger partial charge in [0, 0.05) is 31.2 Å². The number of carbonyl (C=O) groups excluding carboxylic acids is 2. The second-order valence-electron chi connectivity index (χ2n) is 10.8. The Bertz CT molecular complexity index is 1440. The van der Waals surface area contributed by atoms with Gasteiger partial charge in [0.25, 0.3) is 0 Å². The van der Waals surface area contributed by atoms with E-state index in [9.17, 15) is 22.8 Å². The van der Waals surface area contributed by atoms with Crippen molar-refractivity contribution >= 4 is 35.9 Å². The Morgan fingerprint density at radius 2 is 1.71 bits per heavy atom. The van der Waals surface area contributed by atoms with Crippen LogP contribution < -0.4 is 5.32 Å². The van der Waals surface area contributed by atoms with Crippen molar-refractivity contribution in [2.75, 3.05) is 25.5 Å². The first kappa shape index (κ1) is 30.5. The van der Waals surface area contributed by atoms with Gasteiger partial charge in [0.1, 0.15) is 5.60 Å². The minimum atomic E-state index is -4.68. The molecule has 0 bridgehead atoms. The number of benzene rings is 1. The van der Waals surface area contributed by atoms with Gasteiger partial charge in [-0.25, -0.2) is 19.6 Å². The van der Waals surface area contributed by atoms with Crippen LogP contribution in [0.4, 0.5) is 29.6 Å². The molecule has 1 aliphatic rings. The number of carbonyl (C=O) groups is 2. The number of aromatic nitrogens is 3. The van der Waals surface area contributed by atoms with E-state index in [-0.39, 0.29) is 34.9 Å². The zero-order valence-corrected chi connectivity index (χ0v) is 23.7. The van der Waals surface area contributed by atoms with Gasteiger partial charge in [-0.15, -0.1) is 0 Å². The van der Waals surface area contributed by atoms with Crippen molar-refractivity contribution in [1.82, 2.24) is 19.9 Å². The molecule has 12 heteroatoms. The van der Waals surface area contributed by atoms with E-state index in [1.165, 1.54) is 37.6 Å². The van der Waals surface area contributed by atoms with Crippen molar-refractivity contribution in [2.24, 2.45) is 0 Å². The summed E-state index contributed by atoms with van der Waals surface area (Å²) in [4.78, 5) is 37.8. The van der Waals surface area contributed by atoms with E-state index < -0.39 is 23.3 Å². The first-order valence-corrected chi connectivity index (χ1v) is 13.3. The number of rotatable bonds is 6. The summed E-state index contributed by atoms with van der Waals surface area (Å²) in [5.74, 6) is -0.339. The molecular weight excluding hydrogens is 551 g/mol. The second kappa shape index (κ2) is 12.6. The summed E-state index contributed by atoms with van der Waals surface area (Å²) in [7, 11) is 1.23. The summed E-state index contributed by atoms with van der Waals surface area (Å²) >= 11 is 0. The molecule has 0 spiro atoms. The SMILES string of the molecule is COC(=O)c1ccnc(C=Cc2nc(Nc3ccc(C4CCN(C(=O)OC(C)(C)C)CC4)cc3)ncc2C(F)(F)F)c1. The van der Waals surface area contributed by atoms with Crippen LogP contribution in [0.5, 0.6) is 0 Å². The Hall–Kier alpha value is -4.48. The largest absolute Gasteiger partial charge is 0.465 e. The van der Waals surface area contributed by atoms with Crippen molar-refractivity contribution in [2.45, 2.75) is 51.3 Å². The van der Waals surface area contributed by atoms with Gasteiger partial charge in [-0.3, -0.25) is 4.98 Å². The first-order chi connectivity index (χ1) is 19.8. The molecule has 0 unspecified atom stereocenters. The number of hydrogen-bond acceptors (Lipinski definition) is 8. The lowest BCUT2D eigenvalue weighted by molar-refractivity contribution is -0.138. The summed E-state index contributed by atoms with van der Waals surface area (Å²) in [5.41, 5.74) is 0.256. The van der Waals surface area contributed by atoms with Gasteiger partial charge < -0.3 is 19.7 Å². The Morgan fingerprint density at radius 3 is 2.33 bits per heavy atom. The molecular formula is C30H32F3N5O4. The van der Waals surface area contributed by atoms with E-state index in [0.717, 1.165) is 24.6 Å². The molecule has 1 saturated heterocycles. The van der Waals surface area contributed by atoms with Gasteiger partial charge in [-0.1, -0.05) is 12.1 Å². The average molecular weight is 584 g/mol. The van der Waals surface area contributed by atoms with Crippen LogP contribution in [0.15, 0.2) is 48.8 Å². The van der Waals surface area contributed by atoms with Crippen molar-refractivity contribution < 1.29 is 32.2 Å². The summed E-state index contributed by atoms with van der Waals surface area (Å²) in [6.07, 6.45) is 1.18. The van der Waals surface area contributed by atoms with Crippen molar-refractivity contribution in [1.29, 1.82) is 0 Å². The van der Waals surface area contributed by atoms with Gasteiger partial charge in [0.05, 0.1) is 29.6 Å². The molecule has 1 N–H and O–H groups in total. The van der Waals surface area contributed by atoms with Crippen LogP contribution in [-0.2, 0) is 15.7 Å². The summed E-state index contributed by atoms with van der Waals surface area (Å²) in [6.45, 7) is 6.71. The molecule has 1 aliphatic heterocycles. The van der Waals surface area contributed by atoms with E-state index in [1.807, 2.05) is 45.0 Å². The number of anilines is 2. The summed E-state index contributed by atoms with van der Waals surface area (Å²) in [5, 5.41) is 2.96. The number of ether oxygens (including phenoxy) is 2. The summed E-state index contributed by atoms with van der Waals surface area (Å²) in [6, 6.07) is 10.4. The maximum atomic E-state index is 13.7. The number of pyridine rings is 1. The van der Waals surface area contributed by atoms with E-state index in [4.69, 9.17) is 4.74 Å². The van der Waals surface area contributed by atoms with Crippen LogP contribution in [0.2, 0.25) is 0 Å². The minimum absolute atomic E-state index is 0.0164. The Balaban J connectivity index is 1.45. The number of nitrogens with one attached hydrogen (secondary N) is 1. The highest BCUT2D eigenvalue weighted by atomic mass is 19.4. The normalized spacial score (nSPS) is 14.6. The predicted octanol–water partition coefficient (Wildman–Crippen LogP) is 6.71. The van der Waals surface area contributed by atoms with E-state index in [2.05, 4.69) is 25.0 Å². The molecule has 222 valence electrons. The third kappa shape index (κ3) is 8.05. The number of methoxy groups -OCH3 is 1. The van der Waals surface area contributed by atoms with Gasteiger partial charge >= 0.3 is 18.2 Å². The van der Waals surface area contributed by atoms with Crippen molar-refractivity contribution in [3.8, 4) is 0 Å². The highest BCUT2D eigenvalue weighted by Gasteiger charge is 2.34. The second-order valence-corrected chi connectivity index (χ2v) is 10.8. The minimum Gasteiger partial charge on any atom is -0.465 e. The first-order valence-electron chi connectivity index (χ1n) is 13.3. The third-order valence-corrected chi connectivity index (χ3v) is 6.52. The van der Waals surface area contributed by atoms with Crippen molar-refractivity contribution in [3.05, 3.63) is 76.9 Å². The van der Waals surface area contributed by atoms with E-state index in [0.29, 0.717) is 18.8 Å².